The maximum atomic E-state index is 12.6. The fourth-order valence-electron chi connectivity index (χ4n) is 3.17. The van der Waals surface area contributed by atoms with E-state index in [9.17, 15) is 4.79 Å². The predicted octanol–water partition coefficient (Wildman–Crippen LogP) is 5.18. The van der Waals surface area contributed by atoms with Crippen molar-refractivity contribution in [2.45, 2.75) is 19.6 Å². The Morgan fingerprint density at radius 1 is 1.03 bits per heavy atom. The fraction of sp³-hybridized carbons (Fsp3) is 0.208. The summed E-state index contributed by atoms with van der Waals surface area (Å²) < 4.78 is 16.9. The Labute approximate surface area is 180 Å². The first-order valence-electron chi connectivity index (χ1n) is 9.77. The van der Waals surface area contributed by atoms with E-state index in [1.165, 1.54) is 0 Å². The molecule has 1 aliphatic rings. The van der Waals surface area contributed by atoms with Crippen LogP contribution >= 0.6 is 11.6 Å². The van der Waals surface area contributed by atoms with Gasteiger partial charge < -0.3 is 19.5 Å². The maximum Gasteiger partial charge on any atom is 0.251 e. The molecule has 1 unspecified atom stereocenters. The molecule has 0 aliphatic carbocycles. The summed E-state index contributed by atoms with van der Waals surface area (Å²) >= 11 is 6.15. The summed E-state index contributed by atoms with van der Waals surface area (Å²) in [7, 11) is 0. The molecule has 0 aromatic heterocycles. The number of fused-ring (bicyclic) bond motifs is 1. The molecule has 1 N–H and O–H groups in total. The van der Waals surface area contributed by atoms with Gasteiger partial charge in [0, 0.05) is 16.1 Å². The third-order valence-corrected chi connectivity index (χ3v) is 5.25. The number of amides is 1. The zero-order valence-electron chi connectivity index (χ0n) is 16.6. The van der Waals surface area contributed by atoms with Gasteiger partial charge in [0.05, 0.1) is 6.04 Å². The van der Waals surface area contributed by atoms with Gasteiger partial charge in [0.15, 0.2) is 11.5 Å². The van der Waals surface area contributed by atoms with E-state index in [4.69, 9.17) is 25.8 Å². The van der Waals surface area contributed by atoms with Gasteiger partial charge in [0.1, 0.15) is 25.6 Å². The van der Waals surface area contributed by atoms with Crippen molar-refractivity contribution in [3.05, 3.63) is 88.4 Å². The maximum absolute atomic E-state index is 12.6. The van der Waals surface area contributed by atoms with Crippen LogP contribution in [-0.2, 0) is 6.61 Å². The average molecular weight is 424 g/mol. The van der Waals surface area contributed by atoms with E-state index < -0.39 is 0 Å². The molecule has 0 spiro atoms. The monoisotopic (exact) mass is 423 g/mol. The van der Waals surface area contributed by atoms with E-state index in [0.29, 0.717) is 41.9 Å². The Hall–Kier alpha value is -3.18. The Balaban J connectivity index is 1.36. The van der Waals surface area contributed by atoms with Crippen LogP contribution in [0.25, 0.3) is 0 Å². The van der Waals surface area contributed by atoms with Crippen molar-refractivity contribution in [3.63, 3.8) is 0 Å². The molecule has 3 aromatic rings. The first-order valence-corrected chi connectivity index (χ1v) is 10.1. The van der Waals surface area contributed by atoms with Crippen LogP contribution in [0, 0.1) is 0 Å². The number of carbonyl (C=O) groups is 1. The van der Waals surface area contributed by atoms with Gasteiger partial charge in [0.2, 0.25) is 0 Å². The van der Waals surface area contributed by atoms with Crippen molar-refractivity contribution in [2.24, 2.45) is 0 Å². The highest BCUT2D eigenvalue weighted by Gasteiger charge is 2.16. The lowest BCUT2D eigenvalue weighted by Gasteiger charge is -2.21. The number of hydrogen-bond acceptors (Lipinski definition) is 4. The second-order valence-corrected chi connectivity index (χ2v) is 7.41. The lowest BCUT2D eigenvalue weighted by Crippen LogP contribution is -2.26. The molecule has 1 aliphatic heterocycles. The van der Waals surface area contributed by atoms with E-state index in [1.807, 2.05) is 49.4 Å². The van der Waals surface area contributed by atoms with Crippen LogP contribution < -0.4 is 19.5 Å². The molecule has 0 saturated heterocycles. The van der Waals surface area contributed by atoms with Crippen molar-refractivity contribution in [2.75, 3.05) is 13.2 Å². The highest BCUT2D eigenvalue weighted by Crippen LogP contribution is 2.32. The average Bonchev–Trinajstić information content (AvgIpc) is 2.78. The number of benzene rings is 3. The Bertz CT molecular complexity index is 1040. The van der Waals surface area contributed by atoms with E-state index in [2.05, 4.69) is 5.32 Å². The fourth-order valence-corrected chi connectivity index (χ4v) is 3.36. The molecule has 0 saturated carbocycles. The van der Waals surface area contributed by atoms with E-state index >= 15 is 0 Å². The third kappa shape index (κ3) is 4.69. The van der Waals surface area contributed by atoms with Crippen LogP contribution in [0.3, 0.4) is 0 Å². The molecule has 4 rings (SSSR count). The third-order valence-electron chi connectivity index (χ3n) is 4.88. The number of hydrogen-bond donors (Lipinski definition) is 1. The molecule has 0 fully saturated rings. The number of halogens is 1. The summed E-state index contributed by atoms with van der Waals surface area (Å²) in [5, 5.41) is 3.68. The molecule has 1 atom stereocenters. The van der Waals surface area contributed by atoms with Crippen LogP contribution in [0.2, 0.25) is 5.02 Å². The number of rotatable bonds is 6. The van der Waals surface area contributed by atoms with Gasteiger partial charge >= 0.3 is 0 Å². The minimum atomic E-state index is -0.176. The van der Waals surface area contributed by atoms with Crippen molar-refractivity contribution in [1.82, 2.24) is 5.32 Å². The van der Waals surface area contributed by atoms with E-state index in [1.54, 1.807) is 24.3 Å². The quantitative estimate of drug-likeness (QED) is 0.593. The summed E-state index contributed by atoms with van der Waals surface area (Å²) in [6, 6.07) is 20.1. The molecular formula is C24H22ClNO4. The van der Waals surface area contributed by atoms with E-state index in [0.717, 1.165) is 16.9 Å². The first-order chi connectivity index (χ1) is 14.6. The Morgan fingerprint density at radius 3 is 2.53 bits per heavy atom. The van der Waals surface area contributed by atoms with Crippen LogP contribution in [0.15, 0.2) is 66.7 Å². The number of nitrogens with one attached hydrogen (secondary N) is 1. The molecule has 5 nitrogen and oxygen atoms in total. The van der Waals surface area contributed by atoms with Crippen LogP contribution in [0.1, 0.15) is 34.5 Å². The van der Waals surface area contributed by atoms with Gasteiger partial charge in [-0.25, -0.2) is 0 Å². The van der Waals surface area contributed by atoms with Gasteiger partial charge in [-0.3, -0.25) is 4.79 Å². The standard InChI is InChI=1S/C24H22ClNO4/c1-16(18-8-11-22-23(14-18)29-13-12-28-22)26-24(27)17-6-9-20(10-7-17)30-15-19-4-2-3-5-21(19)25/h2-11,14,16H,12-13,15H2,1H3,(H,26,27). The second-order valence-electron chi connectivity index (χ2n) is 7.00. The van der Waals surface area contributed by atoms with Crippen molar-refractivity contribution < 1.29 is 19.0 Å². The summed E-state index contributed by atoms with van der Waals surface area (Å²) in [4.78, 5) is 12.6. The van der Waals surface area contributed by atoms with Gasteiger partial charge in [0.25, 0.3) is 5.91 Å². The molecule has 0 radical (unpaired) electrons. The van der Waals surface area contributed by atoms with Gasteiger partial charge in [-0.1, -0.05) is 35.9 Å². The second kappa shape index (κ2) is 9.09. The molecule has 1 heterocycles. The molecule has 6 heteroatoms. The highest BCUT2D eigenvalue weighted by atomic mass is 35.5. The first kappa shape index (κ1) is 20.1. The minimum absolute atomic E-state index is 0.157. The molecule has 0 bridgehead atoms. The normalized spacial score (nSPS) is 13.4. The zero-order valence-corrected chi connectivity index (χ0v) is 17.3. The van der Waals surface area contributed by atoms with Gasteiger partial charge in [-0.05, 0) is 55.0 Å². The summed E-state index contributed by atoms with van der Waals surface area (Å²) in [6.07, 6.45) is 0. The van der Waals surface area contributed by atoms with Crippen LogP contribution in [0.4, 0.5) is 0 Å². The Kier molecular flexibility index (Phi) is 6.10. The van der Waals surface area contributed by atoms with Gasteiger partial charge in [-0.2, -0.15) is 0 Å². The van der Waals surface area contributed by atoms with Crippen LogP contribution in [0.5, 0.6) is 17.2 Å². The number of carbonyl (C=O) groups excluding carboxylic acids is 1. The molecular weight excluding hydrogens is 402 g/mol. The lowest BCUT2D eigenvalue weighted by atomic mass is 10.1. The van der Waals surface area contributed by atoms with Crippen LogP contribution in [-0.4, -0.2) is 19.1 Å². The molecule has 1 amide bonds. The summed E-state index contributed by atoms with van der Waals surface area (Å²) in [5.74, 6) is 1.96. The van der Waals surface area contributed by atoms with Crippen molar-refractivity contribution in [1.29, 1.82) is 0 Å². The number of ether oxygens (including phenoxy) is 3. The predicted molar refractivity (Wildman–Crippen MR) is 116 cm³/mol. The van der Waals surface area contributed by atoms with Gasteiger partial charge in [-0.15, -0.1) is 0 Å². The van der Waals surface area contributed by atoms with Crippen molar-refractivity contribution in [3.8, 4) is 17.2 Å². The zero-order chi connectivity index (χ0) is 20.9. The molecule has 30 heavy (non-hydrogen) atoms. The summed E-state index contributed by atoms with van der Waals surface area (Å²) in [6.45, 7) is 3.38. The minimum Gasteiger partial charge on any atom is -0.489 e. The van der Waals surface area contributed by atoms with Crippen molar-refractivity contribution >= 4 is 17.5 Å². The topological polar surface area (TPSA) is 56.8 Å². The summed E-state index contributed by atoms with van der Waals surface area (Å²) in [5.41, 5.74) is 2.42. The van der Waals surface area contributed by atoms with E-state index in [-0.39, 0.29) is 11.9 Å². The SMILES string of the molecule is CC(NC(=O)c1ccc(OCc2ccccc2Cl)cc1)c1ccc2c(c1)OCCO2. The molecule has 154 valence electrons. The Morgan fingerprint density at radius 2 is 1.77 bits per heavy atom. The highest BCUT2D eigenvalue weighted by molar-refractivity contribution is 6.31. The lowest BCUT2D eigenvalue weighted by molar-refractivity contribution is 0.0939. The largest absolute Gasteiger partial charge is 0.489 e. The smallest absolute Gasteiger partial charge is 0.251 e. The molecule has 3 aromatic carbocycles.